The zero-order valence-corrected chi connectivity index (χ0v) is 22.6. The molecule has 0 radical (unpaired) electrons. The maximum atomic E-state index is 12.1. The fraction of sp³-hybridized carbons (Fsp3) is 0.560. The lowest BCUT2D eigenvalue weighted by Crippen LogP contribution is -2.51. The van der Waals surface area contributed by atoms with Gasteiger partial charge in [0.15, 0.2) is 0 Å². The Morgan fingerprint density at radius 3 is 2.60 bits per heavy atom. The largest absolute Gasteiger partial charge is 0.369 e. The molecule has 2 saturated heterocycles. The minimum atomic E-state index is 0.140. The number of carbonyl (C=O) groups excluding carboxylic acids is 1. The van der Waals surface area contributed by atoms with Crippen molar-refractivity contribution in [3.63, 3.8) is 0 Å². The van der Waals surface area contributed by atoms with Crippen molar-refractivity contribution in [3.8, 4) is 0 Å². The highest BCUT2D eigenvalue weighted by Gasteiger charge is 2.29. The number of hydrogen-bond donors (Lipinski definition) is 3. The third-order valence-electron chi connectivity index (χ3n) is 6.71. The van der Waals surface area contributed by atoms with E-state index in [0.29, 0.717) is 19.0 Å². The van der Waals surface area contributed by atoms with Crippen molar-refractivity contribution in [2.75, 3.05) is 82.0 Å². The van der Waals surface area contributed by atoms with Crippen LogP contribution >= 0.6 is 15.9 Å². The molecule has 9 nitrogen and oxygen atoms in total. The zero-order chi connectivity index (χ0) is 24.8. The molecule has 2 aliphatic rings. The second-order valence-electron chi connectivity index (χ2n) is 9.49. The number of likely N-dealkylation sites (N-methyl/N-ethyl adjacent to an activating group) is 1. The van der Waals surface area contributed by atoms with Gasteiger partial charge in [-0.05, 0) is 66.6 Å². The summed E-state index contributed by atoms with van der Waals surface area (Å²) in [6, 6.07) is 6.59. The predicted molar refractivity (Wildman–Crippen MR) is 146 cm³/mol. The van der Waals surface area contributed by atoms with E-state index in [1.807, 2.05) is 7.05 Å². The molecule has 0 saturated carbocycles. The summed E-state index contributed by atoms with van der Waals surface area (Å²) in [5.74, 6) is 1.59. The molecule has 3 heterocycles. The number of nitrogens with one attached hydrogen (secondary N) is 3. The van der Waals surface area contributed by atoms with Crippen LogP contribution in [0.25, 0.3) is 0 Å². The van der Waals surface area contributed by atoms with E-state index in [4.69, 9.17) is 0 Å². The molecule has 0 spiro atoms. The lowest BCUT2D eigenvalue weighted by Gasteiger charge is -2.34. The van der Waals surface area contributed by atoms with E-state index in [2.05, 4.69) is 88.7 Å². The van der Waals surface area contributed by atoms with Gasteiger partial charge in [-0.3, -0.25) is 4.79 Å². The van der Waals surface area contributed by atoms with Gasteiger partial charge < -0.3 is 30.7 Å². The van der Waals surface area contributed by atoms with Gasteiger partial charge in [0.2, 0.25) is 11.9 Å². The molecule has 1 amide bonds. The Labute approximate surface area is 216 Å². The van der Waals surface area contributed by atoms with Crippen LogP contribution in [0.4, 0.5) is 23.1 Å². The number of nitrogens with zero attached hydrogens (tertiary/aromatic N) is 5. The van der Waals surface area contributed by atoms with Crippen molar-refractivity contribution in [1.29, 1.82) is 0 Å². The Morgan fingerprint density at radius 2 is 1.89 bits per heavy atom. The van der Waals surface area contributed by atoms with E-state index < -0.39 is 0 Å². The quantitative estimate of drug-likeness (QED) is 0.393. The van der Waals surface area contributed by atoms with Crippen LogP contribution in [0.15, 0.2) is 28.9 Å². The predicted octanol–water partition coefficient (Wildman–Crippen LogP) is 2.78. The Kier molecular flexibility index (Phi) is 8.80. The van der Waals surface area contributed by atoms with Gasteiger partial charge >= 0.3 is 0 Å². The van der Waals surface area contributed by atoms with Crippen molar-refractivity contribution in [2.45, 2.75) is 19.8 Å². The number of anilines is 4. The van der Waals surface area contributed by atoms with E-state index in [1.165, 1.54) is 11.3 Å². The molecule has 0 aliphatic carbocycles. The SMILES string of the molecule is CCc1cc(N2CCN(C)CC2)ccc1Nc1ncc(Br)c(NCCCNC(=O)C2CN(C)C2)n1. The van der Waals surface area contributed by atoms with Gasteiger partial charge in [0.1, 0.15) is 5.82 Å². The van der Waals surface area contributed by atoms with E-state index in [-0.39, 0.29) is 11.8 Å². The maximum Gasteiger partial charge on any atom is 0.229 e. The summed E-state index contributed by atoms with van der Waals surface area (Å²) in [6.07, 6.45) is 3.51. The smallest absolute Gasteiger partial charge is 0.229 e. The Balaban J connectivity index is 1.30. The number of aromatic nitrogens is 2. The standard InChI is InChI=1S/C25H37BrN8O/c1-4-18-14-20(34-12-10-32(2)11-13-34)6-7-22(18)30-25-29-15-21(26)23(31-25)27-8-5-9-28-24(35)19-16-33(3)17-19/h6-7,14-15,19H,4-5,8-13,16-17H2,1-3H3,(H,28,35)(H2,27,29,30,31). The highest BCUT2D eigenvalue weighted by atomic mass is 79.9. The summed E-state index contributed by atoms with van der Waals surface area (Å²) in [6.45, 7) is 9.53. The number of piperazine rings is 1. The van der Waals surface area contributed by atoms with Crippen LogP contribution in [0.2, 0.25) is 0 Å². The summed E-state index contributed by atoms with van der Waals surface area (Å²) in [5, 5.41) is 9.78. The molecule has 0 bridgehead atoms. The monoisotopic (exact) mass is 544 g/mol. The summed E-state index contributed by atoms with van der Waals surface area (Å²) in [4.78, 5) is 28.1. The molecule has 2 fully saturated rings. The summed E-state index contributed by atoms with van der Waals surface area (Å²) in [7, 11) is 4.21. The number of amides is 1. The average Bonchev–Trinajstić information content (AvgIpc) is 2.84. The second kappa shape index (κ2) is 12.0. The first kappa shape index (κ1) is 25.7. The van der Waals surface area contributed by atoms with Gasteiger partial charge in [-0.2, -0.15) is 4.98 Å². The first-order valence-electron chi connectivity index (χ1n) is 12.5. The minimum absolute atomic E-state index is 0.140. The van der Waals surface area contributed by atoms with Crippen LogP contribution in [0.3, 0.4) is 0 Å². The number of likely N-dealkylation sites (tertiary alicyclic amines) is 1. The molecular formula is C25H37BrN8O. The molecular weight excluding hydrogens is 508 g/mol. The van der Waals surface area contributed by atoms with Crippen LogP contribution in [0, 0.1) is 5.92 Å². The molecule has 2 aliphatic heterocycles. The fourth-order valence-electron chi connectivity index (χ4n) is 4.44. The summed E-state index contributed by atoms with van der Waals surface area (Å²) < 4.78 is 0.811. The third-order valence-corrected chi connectivity index (χ3v) is 7.29. The highest BCUT2D eigenvalue weighted by Crippen LogP contribution is 2.28. The lowest BCUT2D eigenvalue weighted by atomic mass is 10.0. The van der Waals surface area contributed by atoms with Gasteiger partial charge in [0, 0.05) is 69.9 Å². The van der Waals surface area contributed by atoms with Crippen LogP contribution in [-0.2, 0) is 11.2 Å². The van der Waals surface area contributed by atoms with Gasteiger partial charge in [0.25, 0.3) is 0 Å². The number of hydrogen-bond acceptors (Lipinski definition) is 8. The Bertz CT molecular complexity index is 1000. The first-order chi connectivity index (χ1) is 16.9. The molecule has 4 rings (SSSR count). The molecule has 190 valence electrons. The molecule has 2 aromatic rings. The summed E-state index contributed by atoms with van der Waals surface area (Å²) in [5.41, 5.74) is 3.55. The van der Waals surface area contributed by atoms with Crippen molar-refractivity contribution in [2.24, 2.45) is 5.92 Å². The number of aryl methyl sites for hydroxylation is 1. The molecule has 0 unspecified atom stereocenters. The van der Waals surface area contributed by atoms with Gasteiger partial charge in [-0.25, -0.2) is 4.98 Å². The zero-order valence-electron chi connectivity index (χ0n) is 21.0. The number of benzene rings is 1. The van der Waals surface area contributed by atoms with E-state index >= 15 is 0 Å². The van der Waals surface area contributed by atoms with Crippen LogP contribution in [0.1, 0.15) is 18.9 Å². The summed E-state index contributed by atoms with van der Waals surface area (Å²) >= 11 is 3.54. The number of carbonyl (C=O) groups is 1. The van der Waals surface area contributed by atoms with Crippen LogP contribution < -0.4 is 20.9 Å². The molecule has 1 aromatic heterocycles. The van der Waals surface area contributed by atoms with E-state index in [1.54, 1.807) is 6.20 Å². The van der Waals surface area contributed by atoms with Crippen molar-refractivity contribution in [3.05, 3.63) is 34.4 Å². The van der Waals surface area contributed by atoms with Gasteiger partial charge in [-0.1, -0.05) is 6.92 Å². The Hall–Kier alpha value is -2.43. The third kappa shape index (κ3) is 6.83. The minimum Gasteiger partial charge on any atom is -0.369 e. The van der Waals surface area contributed by atoms with Crippen LogP contribution in [-0.4, -0.2) is 92.1 Å². The van der Waals surface area contributed by atoms with E-state index in [9.17, 15) is 4.79 Å². The molecule has 10 heteroatoms. The second-order valence-corrected chi connectivity index (χ2v) is 10.3. The highest BCUT2D eigenvalue weighted by molar-refractivity contribution is 9.10. The van der Waals surface area contributed by atoms with Crippen molar-refractivity contribution < 1.29 is 4.79 Å². The fourth-order valence-corrected chi connectivity index (χ4v) is 4.77. The first-order valence-corrected chi connectivity index (χ1v) is 13.3. The molecule has 3 N–H and O–H groups in total. The maximum absolute atomic E-state index is 12.1. The lowest BCUT2D eigenvalue weighted by molar-refractivity contribution is -0.129. The molecule has 0 atom stereocenters. The number of halogens is 1. The number of rotatable bonds is 10. The molecule has 1 aromatic carbocycles. The van der Waals surface area contributed by atoms with Gasteiger partial charge in [-0.15, -0.1) is 0 Å². The Morgan fingerprint density at radius 1 is 1.11 bits per heavy atom. The normalized spacial score (nSPS) is 17.2. The average molecular weight is 546 g/mol. The van der Waals surface area contributed by atoms with E-state index in [0.717, 1.165) is 68.1 Å². The van der Waals surface area contributed by atoms with Crippen LogP contribution in [0.5, 0.6) is 0 Å². The topological polar surface area (TPSA) is 88.7 Å². The van der Waals surface area contributed by atoms with Crippen molar-refractivity contribution in [1.82, 2.24) is 25.1 Å². The van der Waals surface area contributed by atoms with Crippen molar-refractivity contribution >= 4 is 45.0 Å². The molecule has 35 heavy (non-hydrogen) atoms. The van der Waals surface area contributed by atoms with Gasteiger partial charge in [0.05, 0.1) is 10.4 Å².